The maximum atomic E-state index is 12.6. The summed E-state index contributed by atoms with van der Waals surface area (Å²) in [7, 11) is -7.06. The molecule has 9 heteroatoms. The summed E-state index contributed by atoms with van der Waals surface area (Å²) in [4.78, 5) is 0. The molecule has 1 aliphatic rings. The molecule has 2 rings (SSSR count). The zero-order valence-electron chi connectivity index (χ0n) is 34.2. The Bertz CT molecular complexity index is 1010. The number of benzene rings is 1. The Labute approximate surface area is 307 Å². The number of hydrogen-bond acceptors (Lipinski definition) is 5. The average molecular weight is 788 g/mol. The molecule has 1 heterocycles. The van der Waals surface area contributed by atoms with Crippen LogP contribution in [0.3, 0.4) is 0 Å². The van der Waals surface area contributed by atoms with Crippen molar-refractivity contribution in [1.29, 1.82) is 0 Å². The third kappa shape index (κ3) is 9.03. The van der Waals surface area contributed by atoms with Crippen LogP contribution in [0, 0.1) is 0 Å². The van der Waals surface area contributed by atoms with Crippen molar-refractivity contribution in [3.05, 3.63) is 30.3 Å². The molecule has 1 aromatic carbocycles. The molecule has 5 nitrogen and oxygen atoms in total. The molecule has 0 saturated carbocycles. The van der Waals surface area contributed by atoms with Gasteiger partial charge in [0.15, 0.2) is 0 Å². The second-order valence-corrected chi connectivity index (χ2v) is 36.1. The summed E-state index contributed by atoms with van der Waals surface area (Å²) in [5, 5.41) is 12.2. The van der Waals surface area contributed by atoms with E-state index < -0.39 is 43.3 Å². The van der Waals surface area contributed by atoms with Crippen LogP contribution >= 0.6 is 0 Å². The van der Waals surface area contributed by atoms with Gasteiger partial charge in [-0.25, -0.2) is 0 Å². The number of aliphatic hydroxyl groups excluding tert-OH is 1. The third-order valence-electron chi connectivity index (χ3n) is 11.9. The van der Waals surface area contributed by atoms with Crippen LogP contribution in [0.1, 0.15) is 125 Å². The summed E-state index contributed by atoms with van der Waals surface area (Å²) < 4.78 is 31.3. The van der Waals surface area contributed by atoms with Gasteiger partial charge in [-0.2, -0.15) is 0 Å². The SMILES string of the molecule is CC(C)[Si](OC[C@H]1O[C@@H]([Se]c2ccccc2)[C@H](O)[C@@H](O[Si](C(C)C)(C(C)C)C(C)C)[C@@H]1O[Si](C(C)C)(C(C)C)C(C)C)(C(C)C)C(C)C. The summed E-state index contributed by atoms with van der Waals surface area (Å²) >= 11 is -0.117. The van der Waals surface area contributed by atoms with E-state index in [-0.39, 0.29) is 26.1 Å². The fourth-order valence-corrected chi connectivity index (χ4v) is 28.9. The fourth-order valence-electron chi connectivity index (χ4n) is 10.0. The zero-order chi connectivity index (χ0) is 36.9. The Morgan fingerprint density at radius 1 is 0.562 bits per heavy atom. The number of hydrogen-bond donors (Lipinski definition) is 1. The number of aliphatic hydroxyl groups is 1. The Kier molecular flexibility index (Phi) is 16.9. The van der Waals surface area contributed by atoms with Gasteiger partial charge in [0.1, 0.15) is 0 Å². The first-order chi connectivity index (χ1) is 22.1. The number of ether oxygens (including phenoxy) is 1. The Balaban J connectivity index is 2.88. The third-order valence-corrected chi connectivity index (χ3v) is 32.6. The van der Waals surface area contributed by atoms with Gasteiger partial charge in [0.05, 0.1) is 0 Å². The zero-order valence-corrected chi connectivity index (χ0v) is 38.9. The van der Waals surface area contributed by atoms with E-state index in [1.807, 2.05) is 0 Å². The van der Waals surface area contributed by atoms with E-state index in [1.165, 1.54) is 4.46 Å². The Morgan fingerprint density at radius 3 is 1.27 bits per heavy atom. The molecular formula is C39H76O5SeSi3. The van der Waals surface area contributed by atoms with Gasteiger partial charge in [-0.1, -0.05) is 0 Å². The number of rotatable bonds is 18. The van der Waals surface area contributed by atoms with Crippen LogP contribution in [0.25, 0.3) is 0 Å². The van der Waals surface area contributed by atoms with Crippen LogP contribution in [0.15, 0.2) is 30.3 Å². The second-order valence-electron chi connectivity index (χ2n) is 17.4. The standard InChI is InChI=1S/C39H76O5SeSi3/c1-25(2)46(26(3)4,27(5)6)41-24-35-37(43-47(28(7)8,29(9)10)30(11)12)38(44-48(31(13)14,32(15)16)33(17)18)36(40)39(42-35)45-34-22-20-19-21-23-34/h19-23,25-33,35-40H,24H2,1-18H3/t35-,36-,37-,38-,39+/m1/s1. The van der Waals surface area contributed by atoms with Gasteiger partial charge in [-0.05, 0) is 0 Å². The molecule has 0 radical (unpaired) electrons. The maximum absolute atomic E-state index is 12.6. The van der Waals surface area contributed by atoms with Crippen molar-refractivity contribution in [2.45, 2.75) is 204 Å². The van der Waals surface area contributed by atoms with Crippen LogP contribution in [0.2, 0.25) is 49.9 Å². The summed E-state index contributed by atoms with van der Waals surface area (Å²) in [6.45, 7) is 42.7. The van der Waals surface area contributed by atoms with Crippen molar-refractivity contribution in [2.24, 2.45) is 0 Å². The molecule has 0 unspecified atom stereocenters. The molecule has 48 heavy (non-hydrogen) atoms. The van der Waals surface area contributed by atoms with E-state index in [4.69, 9.17) is 18.0 Å². The monoisotopic (exact) mass is 788 g/mol. The van der Waals surface area contributed by atoms with Crippen molar-refractivity contribution in [3.8, 4) is 0 Å². The van der Waals surface area contributed by atoms with Crippen molar-refractivity contribution >= 4 is 44.4 Å². The van der Waals surface area contributed by atoms with Crippen molar-refractivity contribution in [2.75, 3.05) is 6.61 Å². The van der Waals surface area contributed by atoms with Gasteiger partial charge in [0, 0.05) is 0 Å². The minimum absolute atomic E-state index is 0.117. The van der Waals surface area contributed by atoms with Gasteiger partial charge >= 0.3 is 308 Å². The summed E-state index contributed by atoms with van der Waals surface area (Å²) in [5.41, 5.74) is 3.69. The van der Waals surface area contributed by atoms with Crippen molar-refractivity contribution in [1.82, 2.24) is 0 Å². The molecule has 1 aromatic rings. The second kappa shape index (κ2) is 18.3. The van der Waals surface area contributed by atoms with Gasteiger partial charge < -0.3 is 0 Å². The predicted octanol–water partition coefficient (Wildman–Crippen LogP) is 10.4. The predicted molar refractivity (Wildman–Crippen MR) is 215 cm³/mol. The summed E-state index contributed by atoms with van der Waals surface area (Å²) in [5.74, 6) is 0. The van der Waals surface area contributed by atoms with Crippen LogP contribution in [0.4, 0.5) is 0 Å². The quantitative estimate of drug-likeness (QED) is 0.150. The molecule has 5 atom stereocenters. The van der Waals surface area contributed by atoms with E-state index in [0.717, 1.165) is 0 Å². The van der Waals surface area contributed by atoms with Crippen LogP contribution in [0.5, 0.6) is 0 Å². The molecular weight excluding hydrogens is 712 g/mol. The molecule has 280 valence electrons. The van der Waals surface area contributed by atoms with Gasteiger partial charge in [0.25, 0.3) is 0 Å². The molecule has 1 aliphatic heterocycles. The fraction of sp³-hybridized carbons (Fsp3) is 0.846. The molecule has 0 bridgehead atoms. The molecule has 1 fully saturated rings. The molecule has 1 saturated heterocycles. The van der Waals surface area contributed by atoms with Crippen LogP contribution < -0.4 is 4.46 Å². The van der Waals surface area contributed by atoms with E-state index in [2.05, 4.69) is 155 Å². The first-order valence-electron chi connectivity index (χ1n) is 19.2. The van der Waals surface area contributed by atoms with Gasteiger partial charge in [-0.3, -0.25) is 0 Å². The summed E-state index contributed by atoms with van der Waals surface area (Å²) in [6.07, 6.45) is -2.03. The van der Waals surface area contributed by atoms with Crippen molar-refractivity contribution in [3.63, 3.8) is 0 Å². The van der Waals surface area contributed by atoms with Gasteiger partial charge in [0.2, 0.25) is 0 Å². The minimum atomic E-state index is -2.43. The normalized spacial score (nSPS) is 23.5. The Hall–Kier alpha value is 0.190. The van der Waals surface area contributed by atoms with Crippen LogP contribution in [-0.4, -0.2) is 81.0 Å². The first kappa shape index (κ1) is 44.4. The van der Waals surface area contributed by atoms with E-state index in [1.54, 1.807) is 0 Å². The molecule has 0 amide bonds. The molecule has 0 aliphatic carbocycles. The van der Waals surface area contributed by atoms with E-state index in [9.17, 15) is 5.11 Å². The Morgan fingerprint density at radius 2 is 0.917 bits per heavy atom. The van der Waals surface area contributed by atoms with E-state index >= 15 is 0 Å². The summed E-state index contributed by atoms with van der Waals surface area (Å²) in [6, 6.07) is 10.6. The first-order valence-corrected chi connectivity index (χ1v) is 27.5. The van der Waals surface area contributed by atoms with Crippen LogP contribution in [-0.2, 0) is 18.0 Å². The average Bonchev–Trinajstić information content (AvgIpc) is 2.96. The van der Waals surface area contributed by atoms with E-state index in [0.29, 0.717) is 56.5 Å². The molecule has 0 spiro atoms. The van der Waals surface area contributed by atoms with Crippen molar-refractivity contribution < 1.29 is 23.1 Å². The van der Waals surface area contributed by atoms with Gasteiger partial charge in [-0.15, -0.1) is 0 Å². The molecule has 0 aromatic heterocycles. The molecule has 1 N–H and O–H groups in total. The topological polar surface area (TPSA) is 57.2 Å².